The molecule has 0 bridgehead atoms. The molecule has 2 N–H and O–H groups in total. The summed E-state index contributed by atoms with van der Waals surface area (Å²) in [6.45, 7) is 3.94. The monoisotopic (exact) mass is 355 g/mol. The van der Waals surface area contributed by atoms with Gasteiger partial charge in [0.2, 0.25) is 0 Å². The maximum atomic E-state index is 9.50. The Morgan fingerprint density at radius 2 is 2.14 bits per heavy atom. The first-order valence-electron chi connectivity index (χ1n) is 8.00. The van der Waals surface area contributed by atoms with Crippen LogP contribution in [0.2, 0.25) is 0 Å². The summed E-state index contributed by atoms with van der Waals surface area (Å²) in [4.78, 5) is 0. The molecule has 2 rings (SSSR count). The number of hydrogen-bond acceptors (Lipinski definition) is 3. The minimum atomic E-state index is 0.287. The van der Waals surface area contributed by atoms with Gasteiger partial charge in [0, 0.05) is 29.2 Å². The number of aliphatic hydroxyl groups excluding tert-OH is 1. The first-order valence-corrected chi connectivity index (χ1v) is 8.79. The van der Waals surface area contributed by atoms with Crippen LogP contribution in [0.3, 0.4) is 0 Å². The van der Waals surface area contributed by atoms with Crippen molar-refractivity contribution in [3.63, 3.8) is 0 Å². The highest BCUT2D eigenvalue weighted by molar-refractivity contribution is 9.10. The van der Waals surface area contributed by atoms with Crippen LogP contribution in [0.4, 0.5) is 0 Å². The number of benzene rings is 1. The summed E-state index contributed by atoms with van der Waals surface area (Å²) in [5.41, 5.74) is 1.18. The molecule has 118 valence electrons. The van der Waals surface area contributed by atoms with E-state index in [1.165, 1.54) is 18.4 Å². The van der Waals surface area contributed by atoms with Gasteiger partial charge in [-0.25, -0.2) is 0 Å². The molecule has 0 aliphatic heterocycles. The molecule has 2 atom stereocenters. The van der Waals surface area contributed by atoms with Crippen molar-refractivity contribution in [2.45, 2.75) is 51.6 Å². The van der Waals surface area contributed by atoms with Gasteiger partial charge in [-0.15, -0.1) is 0 Å². The summed E-state index contributed by atoms with van der Waals surface area (Å²) in [5, 5.41) is 13.1. The van der Waals surface area contributed by atoms with Gasteiger partial charge in [0.25, 0.3) is 0 Å². The van der Waals surface area contributed by atoms with Gasteiger partial charge in [-0.2, -0.15) is 0 Å². The van der Waals surface area contributed by atoms with E-state index in [0.717, 1.165) is 42.6 Å². The van der Waals surface area contributed by atoms with Crippen molar-refractivity contribution >= 4 is 15.9 Å². The van der Waals surface area contributed by atoms with Crippen LogP contribution in [0.25, 0.3) is 0 Å². The van der Waals surface area contributed by atoms with Gasteiger partial charge in [0.15, 0.2) is 0 Å². The van der Waals surface area contributed by atoms with E-state index in [1.807, 2.05) is 12.1 Å². The lowest BCUT2D eigenvalue weighted by molar-refractivity contribution is 0.152. The van der Waals surface area contributed by atoms with Crippen LogP contribution in [0.15, 0.2) is 22.7 Å². The molecule has 21 heavy (non-hydrogen) atoms. The summed E-state index contributed by atoms with van der Waals surface area (Å²) < 4.78 is 6.90. The third-order valence-electron chi connectivity index (χ3n) is 4.18. The molecular formula is C17H26BrNO2. The summed E-state index contributed by atoms with van der Waals surface area (Å²) in [5.74, 6) is 1.36. The fourth-order valence-electron chi connectivity index (χ4n) is 2.97. The fourth-order valence-corrected chi connectivity index (χ4v) is 3.38. The zero-order valence-corrected chi connectivity index (χ0v) is 14.4. The van der Waals surface area contributed by atoms with Gasteiger partial charge in [0.05, 0.1) is 6.61 Å². The van der Waals surface area contributed by atoms with Crippen LogP contribution in [0.5, 0.6) is 5.75 Å². The second-order valence-corrected chi connectivity index (χ2v) is 6.73. The minimum Gasteiger partial charge on any atom is -0.493 e. The lowest BCUT2D eigenvalue weighted by Crippen LogP contribution is -2.39. The summed E-state index contributed by atoms with van der Waals surface area (Å²) in [6.07, 6.45) is 5.80. The number of nitrogens with one attached hydrogen (secondary N) is 1. The molecule has 1 aromatic rings. The fraction of sp³-hybridized carbons (Fsp3) is 0.647. The van der Waals surface area contributed by atoms with E-state index < -0.39 is 0 Å². The van der Waals surface area contributed by atoms with Crippen molar-refractivity contribution < 1.29 is 9.84 Å². The maximum absolute atomic E-state index is 9.50. The van der Waals surface area contributed by atoms with Crippen LogP contribution in [0.1, 0.15) is 44.6 Å². The van der Waals surface area contributed by atoms with Crippen LogP contribution in [-0.2, 0) is 6.54 Å². The van der Waals surface area contributed by atoms with Gasteiger partial charge in [-0.3, -0.25) is 0 Å². The Bertz CT molecular complexity index is 439. The Morgan fingerprint density at radius 1 is 1.33 bits per heavy atom. The topological polar surface area (TPSA) is 41.5 Å². The van der Waals surface area contributed by atoms with Crippen LogP contribution in [0, 0.1) is 5.92 Å². The molecule has 1 aromatic carbocycles. The lowest BCUT2D eigenvalue weighted by atomic mass is 9.85. The molecule has 4 heteroatoms. The van der Waals surface area contributed by atoms with Gasteiger partial charge < -0.3 is 15.2 Å². The van der Waals surface area contributed by atoms with Crippen molar-refractivity contribution in [2.24, 2.45) is 5.92 Å². The van der Waals surface area contributed by atoms with E-state index in [0.29, 0.717) is 12.0 Å². The zero-order valence-electron chi connectivity index (χ0n) is 12.8. The van der Waals surface area contributed by atoms with E-state index in [-0.39, 0.29) is 6.61 Å². The number of halogens is 1. The molecule has 0 saturated heterocycles. The van der Waals surface area contributed by atoms with E-state index in [9.17, 15) is 5.11 Å². The number of ether oxygens (including phenoxy) is 1. The molecule has 1 saturated carbocycles. The standard InChI is InChI=1S/C17H26BrNO2/c1-2-9-21-17-8-7-15(18)10-14(17)11-19-16-6-4-3-5-13(16)12-20/h7-8,10,13,16,19-20H,2-6,9,11-12H2,1H3. The van der Waals surface area contributed by atoms with E-state index in [4.69, 9.17) is 4.74 Å². The number of aliphatic hydroxyl groups is 1. The summed E-state index contributed by atoms with van der Waals surface area (Å²) >= 11 is 3.53. The first-order chi connectivity index (χ1) is 10.2. The van der Waals surface area contributed by atoms with Crippen LogP contribution < -0.4 is 10.1 Å². The molecule has 0 spiro atoms. The van der Waals surface area contributed by atoms with E-state index in [1.54, 1.807) is 0 Å². The SMILES string of the molecule is CCCOc1ccc(Br)cc1CNC1CCCCC1CO. The molecular weight excluding hydrogens is 330 g/mol. The smallest absolute Gasteiger partial charge is 0.123 e. The average Bonchev–Trinajstić information content (AvgIpc) is 2.52. The Morgan fingerprint density at radius 3 is 2.90 bits per heavy atom. The molecule has 0 heterocycles. The minimum absolute atomic E-state index is 0.287. The maximum Gasteiger partial charge on any atom is 0.123 e. The van der Waals surface area contributed by atoms with Gasteiger partial charge in [-0.05, 0) is 43.4 Å². The highest BCUT2D eigenvalue weighted by Gasteiger charge is 2.24. The Hall–Kier alpha value is -0.580. The Labute approximate surface area is 136 Å². The predicted molar refractivity (Wildman–Crippen MR) is 89.6 cm³/mol. The highest BCUT2D eigenvalue weighted by atomic mass is 79.9. The number of rotatable bonds is 7. The average molecular weight is 356 g/mol. The quantitative estimate of drug-likeness (QED) is 0.779. The lowest BCUT2D eigenvalue weighted by Gasteiger charge is -2.31. The third kappa shape index (κ3) is 4.97. The predicted octanol–water partition coefficient (Wildman–Crippen LogP) is 3.88. The molecule has 1 aliphatic carbocycles. The second kappa shape index (κ2) is 8.76. The molecule has 0 radical (unpaired) electrons. The Kier molecular flexibility index (Phi) is 7.00. The van der Waals surface area contributed by atoms with Crippen molar-refractivity contribution in [1.82, 2.24) is 5.32 Å². The second-order valence-electron chi connectivity index (χ2n) is 5.82. The molecule has 2 unspecified atom stereocenters. The normalized spacial score (nSPS) is 22.2. The van der Waals surface area contributed by atoms with Crippen molar-refractivity contribution in [1.29, 1.82) is 0 Å². The van der Waals surface area contributed by atoms with Crippen molar-refractivity contribution in [2.75, 3.05) is 13.2 Å². The molecule has 3 nitrogen and oxygen atoms in total. The van der Waals surface area contributed by atoms with Crippen molar-refractivity contribution in [3.05, 3.63) is 28.2 Å². The summed E-state index contributed by atoms with van der Waals surface area (Å²) in [6, 6.07) is 6.59. The van der Waals surface area contributed by atoms with Gasteiger partial charge >= 0.3 is 0 Å². The largest absolute Gasteiger partial charge is 0.493 e. The van der Waals surface area contributed by atoms with Gasteiger partial charge in [0.1, 0.15) is 5.75 Å². The zero-order chi connectivity index (χ0) is 15.1. The van der Waals surface area contributed by atoms with Crippen molar-refractivity contribution in [3.8, 4) is 5.75 Å². The summed E-state index contributed by atoms with van der Waals surface area (Å²) in [7, 11) is 0. The molecule has 0 aromatic heterocycles. The molecule has 1 fully saturated rings. The van der Waals surface area contributed by atoms with E-state index >= 15 is 0 Å². The van der Waals surface area contributed by atoms with Gasteiger partial charge in [-0.1, -0.05) is 35.7 Å². The van der Waals surface area contributed by atoms with Crippen LogP contribution >= 0.6 is 15.9 Å². The Balaban J connectivity index is 1.99. The molecule has 0 amide bonds. The van der Waals surface area contributed by atoms with E-state index in [2.05, 4.69) is 34.2 Å². The van der Waals surface area contributed by atoms with Crippen LogP contribution in [-0.4, -0.2) is 24.4 Å². The first kappa shape index (κ1) is 16.8. The number of hydrogen-bond donors (Lipinski definition) is 2. The highest BCUT2D eigenvalue weighted by Crippen LogP contribution is 2.27. The molecule has 1 aliphatic rings. The third-order valence-corrected chi connectivity index (χ3v) is 4.68.